The Morgan fingerprint density at radius 3 is 2.95 bits per heavy atom. The first-order chi connectivity index (χ1) is 8.97. The van der Waals surface area contributed by atoms with Gasteiger partial charge in [0.05, 0.1) is 6.20 Å². The summed E-state index contributed by atoms with van der Waals surface area (Å²) >= 11 is 6.64. The van der Waals surface area contributed by atoms with E-state index >= 15 is 0 Å². The van der Waals surface area contributed by atoms with Gasteiger partial charge >= 0.3 is 0 Å². The molecule has 0 aliphatic heterocycles. The third kappa shape index (κ3) is 4.41. The van der Waals surface area contributed by atoms with Crippen LogP contribution in [0.5, 0.6) is 0 Å². The van der Waals surface area contributed by atoms with Gasteiger partial charge < -0.3 is 0 Å². The topological polar surface area (TPSA) is 59.1 Å². The van der Waals surface area contributed by atoms with Crippen molar-refractivity contribution in [3.63, 3.8) is 0 Å². The first kappa shape index (κ1) is 15.2. The van der Waals surface area contributed by atoms with E-state index in [0.717, 1.165) is 23.7 Å². The van der Waals surface area contributed by atoms with Crippen molar-refractivity contribution in [3.8, 4) is 0 Å². The highest BCUT2D eigenvalue weighted by Crippen LogP contribution is 2.30. The van der Waals surface area contributed by atoms with E-state index in [9.17, 15) is 8.42 Å². The molecule has 7 heteroatoms. The summed E-state index contributed by atoms with van der Waals surface area (Å²) in [5, 5.41) is 0. The van der Waals surface area contributed by atoms with Crippen LogP contribution >= 0.6 is 22.9 Å². The summed E-state index contributed by atoms with van der Waals surface area (Å²) in [5.41, 5.74) is 0. The highest BCUT2D eigenvalue weighted by molar-refractivity contribution is 7.91. The van der Waals surface area contributed by atoms with Crippen molar-refractivity contribution >= 4 is 33.0 Å². The fraction of sp³-hybridized carbons (Fsp3) is 0.750. The van der Waals surface area contributed by atoms with Gasteiger partial charge in [-0.15, -0.1) is 0 Å². The van der Waals surface area contributed by atoms with Crippen LogP contribution in [-0.4, -0.2) is 19.9 Å². The van der Waals surface area contributed by atoms with Gasteiger partial charge in [-0.25, -0.2) is 18.1 Å². The van der Waals surface area contributed by atoms with Gasteiger partial charge in [0.1, 0.15) is 0 Å². The molecular weight excluding hydrogens is 304 g/mol. The van der Waals surface area contributed by atoms with Gasteiger partial charge in [0.2, 0.25) is 0 Å². The molecule has 4 nitrogen and oxygen atoms in total. The van der Waals surface area contributed by atoms with Crippen LogP contribution in [0.3, 0.4) is 0 Å². The van der Waals surface area contributed by atoms with Crippen LogP contribution in [0, 0.1) is 11.8 Å². The zero-order valence-corrected chi connectivity index (χ0v) is 13.3. The number of hydrogen-bond donors (Lipinski definition) is 1. The van der Waals surface area contributed by atoms with Crippen LogP contribution in [0.25, 0.3) is 0 Å². The minimum absolute atomic E-state index is 0.189. The SMILES string of the molecule is CC1CCCC(CCNS(=O)(=O)c2cnc(Cl)s2)C1. The van der Waals surface area contributed by atoms with E-state index in [4.69, 9.17) is 11.6 Å². The van der Waals surface area contributed by atoms with Gasteiger partial charge in [-0.1, -0.05) is 49.1 Å². The average molecular weight is 323 g/mol. The first-order valence-electron chi connectivity index (χ1n) is 6.58. The highest BCUT2D eigenvalue weighted by atomic mass is 35.5. The number of aromatic nitrogens is 1. The number of rotatable bonds is 5. The van der Waals surface area contributed by atoms with Crippen LogP contribution in [0.2, 0.25) is 4.47 Å². The van der Waals surface area contributed by atoms with Gasteiger partial charge in [-0.05, 0) is 24.7 Å². The number of nitrogens with one attached hydrogen (secondary N) is 1. The Morgan fingerprint density at radius 2 is 2.32 bits per heavy atom. The van der Waals surface area contributed by atoms with Gasteiger partial charge in [0.25, 0.3) is 10.0 Å². The number of thiazole rings is 1. The maximum absolute atomic E-state index is 12.0. The molecule has 1 fully saturated rings. The molecule has 0 amide bonds. The highest BCUT2D eigenvalue weighted by Gasteiger charge is 2.21. The summed E-state index contributed by atoms with van der Waals surface area (Å²) in [6.45, 7) is 2.77. The van der Waals surface area contributed by atoms with Crippen LogP contribution in [0.1, 0.15) is 39.0 Å². The Morgan fingerprint density at radius 1 is 1.53 bits per heavy atom. The van der Waals surface area contributed by atoms with Crippen molar-refractivity contribution < 1.29 is 8.42 Å². The molecule has 0 bridgehead atoms. The van der Waals surface area contributed by atoms with Gasteiger partial charge in [-0.2, -0.15) is 0 Å². The second-order valence-corrected chi connectivity index (χ2v) is 8.86. The van der Waals surface area contributed by atoms with Gasteiger partial charge in [0, 0.05) is 6.54 Å². The van der Waals surface area contributed by atoms with E-state index in [0.29, 0.717) is 12.5 Å². The van der Waals surface area contributed by atoms with Crippen LogP contribution < -0.4 is 4.72 Å². The zero-order chi connectivity index (χ0) is 13.9. The molecule has 0 radical (unpaired) electrons. The Kier molecular flexibility index (Phi) is 5.22. The number of halogens is 1. The Balaban J connectivity index is 1.82. The van der Waals surface area contributed by atoms with Crippen molar-refractivity contribution in [1.29, 1.82) is 0 Å². The molecule has 0 spiro atoms. The fourth-order valence-corrected chi connectivity index (χ4v) is 5.04. The van der Waals surface area contributed by atoms with E-state index in [1.807, 2.05) is 0 Å². The number of sulfonamides is 1. The predicted octanol–water partition coefficient (Wildman–Crippen LogP) is 3.29. The lowest BCUT2D eigenvalue weighted by molar-refractivity contribution is 0.271. The molecule has 1 saturated carbocycles. The quantitative estimate of drug-likeness (QED) is 0.905. The third-order valence-electron chi connectivity index (χ3n) is 3.61. The molecule has 1 aromatic heterocycles. The minimum Gasteiger partial charge on any atom is -0.232 e. The van der Waals surface area contributed by atoms with Crippen LogP contribution in [-0.2, 0) is 10.0 Å². The average Bonchev–Trinajstić information content (AvgIpc) is 2.76. The molecule has 2 unspecified atom stereocenters. The molecule has 0 aromatic carbocycles. The molecule has 2 rings (SSSR count). The van der Waals surface area contributed by atoms with Crippen LogP contribution in [0.15, 0.2) is 10.4 Å². The van der Waals surface area contributed by atoms with E-state index in [2.05, 4.69) is 16.6 Å². The fourth-order valence-electron chi connectivity index (χ4n) is 2.65. The predicted molar refractivity (Wildman–Crippen MR) is 78.1 cm³/mol. The minimum atomic E-state index is -3.43. The standard InChI is InChI=1S/C12H19ClN2O2S2/c1-9-3-2-4-10(7-9)5-6-15-19(16,17)11-8-14-12(13)18-11/h8-10,15H,2-7H2,1H3. The Labute approximate surface area is 123 Å². The van der Waals surface area contributed by atoms with Crippen molar-refractivity contribution in [1.82, 2.24) is 9.71 Å². The summed E-state index contributed by atoms with van der Waals surface area (Å²) in [6.07, 6.45) is 7.23. The maximum Gasteiger partial charge on any atom is 0.251 e. The monoisotopic (exact) mass is 322 g/mol. The first-order valence-corrected chi connectivity index (χ1v) is 9.26. The maximum atomic E-state index is 12.0. The summed E-state index contributed by atoms with van der Waals surface area (Å²) in [5.74, 6) is 1.42. The van der Waals surface area contributed by atoms with Gasteiger partial charge in [-0.3, -0.25) is 0 Å². The molecule has 1 aliphatic rings. The molecule has 19 heavy (non-hydrogen) atoms. The lowest BCUT2D eigenvalue weighted by Crippen LogP contribution is -2.26. The van der Waals surface area contributed by atoms with Crippen molar-refractivity contribution in [3.05, 3.63) is 10.7 Å². The molecule has 1 aromatic rings. The van der Waals surface area contributed by atoms with Crippen molar-refractivity contribution in [2.75, 3.05) is 6.54 Å². The number of hydrogen-bond acceptors (Lipinski definition) is 4. The second kappa shape index (κ2) is 6.52. The molecular formula is C12H19ClN2O2S2. The largest absolute Gasteiger partial charge is 0.251 e. The molecule has 1 N–H and O–H groups in total. The van der Waals surface area contributed by atoms with E-state index in [1.54, 1.807) is 0 Å². The molecule has 108 valence electrons. The zero-order valence-electron chi connectivity index (χ0n) is 10.9. The second-order valence-electron chi connectivity index (χ2n) is 5.26. The lowest BCUT2D eigenvalue weighted by Gasteiger charge is -2.26. The summed E-state index contributed by atoms with van der Waals surface area (Å²) in [4.78, 5) is 3.76. The van der Waals surface area contributed by atoms with E-state index in [-0.39, 0.29) is 8.68 Å². The Hall–Kier alpha value is -0.170. The lowest BCUT2D eigenvalue weighted by atomic mass is 9.81. The number of nitrogens with zero attached hydrogens (tertiary/aromatic N) is 1. The summed E-state index contributed by atoms with van der Waals surface area (Å²) in [6, 6.07) is 0. The van der Waals surface area contributed by atoms with Crippen molar-refractivity contribution in [2.24, 2.45) is 11.8 Å². The summed E-state index contributed by atoms with van der Waals surface area (Å²) in [7, 11) is -3.43. The smallest absolute Gasteiger partial charge is 0.232 e. The van der Waals surface area contributed by atoms with Crippen LogP contribution in [0.4, 0.5) is 0 Å². The molecule has 1 heterocycles. The van der Waals surface area contributed by atoms with Gasteiger partial charge in [0.15, 0.2) is 8.68 Å². The molecule has 0 saturated heterocycles. The van der Waals surface area contributed by atoms with E-state index < -0.39 is 10.0 Å². The van der Waals surface area contributed by atoms with E-state index in [1.165, 1.54) is 31.9 Å². The molecule has 2 atom stereocenters. The normalized spacial score (nSPS) is 24.5. The third-order valence-corrected chi connectivity index (χ3v) is 6.65. The molecule has 1 aliphatic carbocycles. The Bertz CT molecular complexity index is 516. The van der Waals surface area contributed by atoms with Crippen molar-refractivity contribution in [2.45, 2.75) is 43.2 Å². The summed E-state index contributed by atoms with van der Waals surface area (Å²) < 4.78 is 27.0.